The van der Waals surface area contributed by atoms with Crippen LogP contribution in [0, 0.1) is 6.92 Å². The van der Waals surface area contributed by atoms with Gasteiger partial charge < -0.3 is 10.4 Å². The van der Waals surface area contributed by atoms with Crippen LogP contribution in [0.5, 0.6) is 5.75 Å². The summed E-state index contributed by atoms with van der Waals surface area (Å²) in [5.74, 6) is 0.237. The van der Waals surface area contributed by atoms with Crippen LogP contribution >= 0.6 is 15.9 Å². The lowest BCUT2D eigenvalue weighted by Gasteiger charge is -2.14. The number of pyridine rings is 1. The van der Waals surface area contributed by atoms with Gasteiger partial charge in [-0.1, -0.05) is 28.1 Å². The van der Waals surface area contributed by atoms with Crippen molar-refractivity contribution in [3.8, 4) is 5.75 Å². The van der Waals surface area contributed by atoms with Crippen LogP contribution in [0.15, 0.2) is 40.9 Å². The molecule has 4 heteroatoms. The fraction of sp³-hybridized carbons (Fsp3) is 0.267. The number of rotatable bonds is 4. The third-order valence-corrected chi connectivity index (χ3v) is 3.56. The molecule has 0 bridgehead atoms. The standard InChI is InChI=1S/C15H17BrN2O/c1-10-3-8-15(19)14(18-10)9-17-11(2)12-4-6-13(16)7-5-12/h3-8,11,17,19H,9H2,1-2H3/t11-/m1/s1. The second-order valence-corrected chi connectivity index (χ2v) is 5.49. The quantitative estimate of drug-likeness (QED) is 0.902. The highest BCUT2D eigenvalue weighted by Crippen LogP contribution is 2.19. The van der Waals surface area contributed by atoms with Crippen molar-refractivity contribution in [2.24, 2.45) is 0 Å². The molecule has 0 unspecified atom stereocenters. The molecule has 0 aliphatic carbocycles. The van der Waals surface area contributed by atoms with E-state index in [0.29, 0.717) is 12.2 Å². The predicted molar refractivity (Wildman–Crippen MR) is 80.0 cm³/mol. The lowest BCUT2D eigenvalue weighted by molar-refractivity contribution is 0.454. The minimum absolute atomic E-state index is 0.204. The molecule has 0 spiro atoms. The lowest BCUT2D eigenvalue weighted by atomic mass is 10.1. The molecule has 1 atom stereocenters. The van der Waals surface area contributed by atoms with Crippen molar-refractivity contribution in [2.75, 3.05) is 0 Å². The van der Waals surface area contributed by atoms with E-state index in [4.69, 9.17) is 0 Å². The van der Waals surface area contributed by atoms with E-state index in [-0.39, 0.29) is 11.8 Å². The van der Waals surface area contributed by atoms with E-state index in [1.165, 1.54) is 5.56 Å². The van der Waals surface area contributed by atoms with Gasteiger partial charge in [0.2, 0.25) is 0 Å². The van der Waals surface area contributed by atoms with E-state index in [9.17, 15) is 5.11 Å². The Bertz CT molecular complexity index is 555. The molecule has 19 heavy (non-hydrogen) atoms. The monoisotopic (exact) mass is 320 g/mol. The average molecular weight is 321 g/mol. The van der Waals surface area contributed by atoms with Gasteiger partial charge in [0.05, 0.1) is 5.69 Å². The van der Waals surface area contributed by atoms with E-state index in [0.717, 1.165) is 10.2 Å². The van der Waals surface area contributed by atoms with Crippen LogP contribution in [-0.4, -0.2) is 10.1 Å². The molecule has 0 saturated carbocycles. The molecule has 2 aromatic rings. The highest BCUT2D eigenvalue weighted by Gasteiger charge is 2.08. The molecule has 2 rings (SSSR count). The van der Waals surface area contributed by atoms with Gasteiger partial charge >= 0.3 is 0 Å². The first-order chi connectivity index (χ1) is 9.06. The Hall–Kier alpha value is -1.39. The molecule has 1 aromatic carbocycles. The van der Waals surface area contributed by atoms with Crippen LogP contribution in [0.4, 0.5) is 0 Å². The summed E-state index contributed by atoms with van der Waals surface area (Å²) in [6, 6.07) is 11.9. The van der Waals surface area contributed by atoms with E-state index in [1.54, 1.807) is 12.1 Å². The average Bonchev–Trinajstić information content (AvgIpc) is 2.40. The van der Waals surface area contributed by atoms with Crippen molar-refractivity contribution < 1.29 is 5.11 Å². The smallest absolute Gasteiger partial charge is 0.138 e. The lowest BCUT2D eigenvalue weighted by Crippen LogP contribution is -2.19. The molecule has 0 amide bonds. The van der Waals surface area contributed by atoms with Gasteiger partial charge in [-0.15, -0.1) is 0 Å². The second-order valence-electron chi connectivity index (χ2n) is 4.57. The van der Waals surface area contributed by atoms with Crippen molar-refractivity contribution in [3.63, 3.8) is 0 Å². The van der Waals surface area contributed by atoms with E-state index >= 15 is 0 Å². The summed E-state index contributed by atoms with van der Waals surface area (Å²) in [4.78, 5) is 4.33. The number of aromatic nitrogens is 1. The van der Waals surface area contributed by atoms with Crippen LogP contribution in [0.25, 0.3) is 0 Å². The maximum absolute atomic E-state index is 9.75. The highest BCUT2D eigenvalue weighted by molar-refractivity contribution is 9.10. The molecule has 1 heterocycles. The zero-order chi connectivity index (χ0) is 13.8. The Kier molecular flexibility index (Phi) is 4.56. The normalized spacial score (nSPS) is 12.4. The summed E-state index contributed by atoms with van der Waals surface area (Å²) in [5.41, 5.74) is 2.80. The van der Waals surface area contributed by atoms with Gasteiger partial charge in [-0.2, -0.15) is 0 Å². The van der Waals surface area contributed by atoms with Gasteiger partial charge in [-0.3, -0.25) is 4.98 Å². The van der Waals surface area contributed by atoms with Crippen molar-refractivity contribution in [1.29, 1.82) is 0 Å². The van der Waals surface area contributed by atoms with Crippen LogP contribution in [-0.2, 0) is 6.54 Å². The molecule has 3 nitrogen and oxygen atoms in total. The predicted octanol–water partition coefficient (Wildman–Crippen LogP) is 3.71. The Morgan fingerprint density at radius 2 is 1.89 bits per heavy atom. The summed E-state index contributed by atoms with van der Waals surface area (Å²) < 4.78 is 1.07. The van der Waals surface area contributed by atoms with Crippen LogP contribution in [0.3, 0.4) is 0 Å². The van der Waals surface area contributed by atoms with Crippen LogP contribution in [0.2, 0.25) is 0 Å². The highest BCUT2D eigenvalue weighted by atomic mass is 79.9. The Balaban J connectivity index is 2.02. The number of hydrogen-bond acceptors (Lipinski definition) is 3. The number of hydrogen-bond donors (Lipinski definition) is 2. The van der Waals surface area contributed by atoms with Gasteiger partial charge in [0.15, 0.2) is 0 Å². The first-order valence-corrected chi connectivity index (χ1v) is 7.00. The number of benzene rings is 1. The molecule has 0 aliphatic rings. The van der Waals surface area contributed by atoms with E-state index in [1.807, 2.05) is 19.1 Å². The number of aromatic hydroxyl groups is 1. The summed E-state index contributed by atoms with van der Waals surface area (Å²) >= 11 is 3.42. The third kappa shape index (κ3) is 3.78. The van der Waals surface area contributed by atoms with Crippen molar-refractivity contribution in [3.05, 3.63) is 57.8 Å². The van der Waals surface area contributed by atoms with E-state index < -0.39 is 0 Å². The van der Waals surface area contributed by atoms with E-state index in [2.05, 4.69) is 45.3 Å². The molecule has 1 aromatic heterocycles. The topological polar surface area (TPSA) is 45.1 Å². The SMILES string of the molecule is Cc1ccc(O)c(CN[C@H](C)c2ccc(Br)cc2)n1. The zero-order valence-corrected chi connectivity index (χ0v) is 12.6. The second kappa shape index (κ2) is 6.17. The molecule has 0 saturated heterocycles. The largest absolute Gasteiger partial charge is 0.506 e. The minimum atomic E-state index is 0.204. The number of nitrogens with one attached hydrogen (secondary N) is 1. The molecule has 2 N–H and O–H groups in total. The Morgan fingerprint density at radius 1 is 1.21 bits per heavy atom. The van der Waals surface area contributed by atoms with Crippen LogP contribution < -0.4 is 5.32 Å². The summed E-state index contributed by atoms with van der Waals surface area (Å²) in [6.07, 6.45) is 0. The fourth-order valence-electron chi connectivity index (χ4n) is 1.85. The molecular formula is C15H17BrN2O. The van der Waals surface area contributed by atoms with Crippen molar-refractivity contribution >= 4 is 15.9 Å². The fourth-order valence-corrected chi connectivity index (χ4v) is 2.12. The number of nitrogens with zero attached hydrogens (tertiary/aromatic N) is 1. The Morgan fingerprint density at radius 3 is 2.58 bits per heavy atom. The molecule has 0 aliphatic heterocycles. The van der Waals surface area contributed by atoms with Gasteiger partial charge in [-0.25, -0.2) is 0 Å². The minimum Gasteiger partial charge on any atom is -0.506 e. The Labute approximate surface area is 121 Å². The number of halogens is 1. The molecular weight excluding hydrogens is 304 g/mol. The van der Waals surface area contributed by atoms with Gasteiger partial charge in [0.25, 0.3) is 0 Å². The number of aryl methyl sites for hydroxylation is 1. The summed E-state index contributed by atoms with van der Waals surface area (Å²) in [6.45, 7) is 4.56. The van der Waals surface area contributed by atoms with Crippen molar-refractivity contribution in [1.82, 2.24) is 10.3 Å². The summed E-state index contributed by atoms with van der Waals surface area (Å²) in [7, 11) is 0. The maximum Gasteiger partial charge on any atom is 0.138 e. The first-order valence-electron chi connectivity index (χ1n) is 6.20. The maximum atomic E-state index is 9.75. The van der Waals surface area contributed by atoms with Gasteiger partial charge in [0, 0.05) is 22.8 Å². The van der Waals surface area contributed by atoms with Gasteiger partial charge in [0.1, 0.15) is 5.75 Å². The third-order valence-electron chi connectivity index (χ3n) is 3.04. The van der Waals surface area contributed by atoms with Crippen LogP contribution in [0.1, 0.15) is 29.9 Å². The van der Waals surface area contributed by atoms with Crippen molar-refractivity contribution in [2.45, 2.75) is 26.4 Å². The van der Waals surface area contributed by atoms with Gasteiger partial charge in [-0.05, 0) is 43.7 Å². The first kappa shape index (κ1) is 14.0. The zero-order valence-electron chi connectivity index (χ0n) is 11.0. The summed E-state index contributed by atoms with van der Waals surface area (Å²) in [5, 5.41) is 13.1. The molecule has 100 valence electrons. The molecule has 0 fully saturated rings. The molecule has 0 radical (unpaired) electrons.